The molecule has 4 aromatic carbocycles. The molecule has 0 saturated heterocycles. The van der Waals surface area contributed by atoms with Gasteiger partial charge in [-0.25, -0.2) is 0 Å². The molecule has 12 heteroatoms. The molecule has 138 valence electrons. The molecule has 0 fully saturated rings. The first-order valence-corrected chi connectivity index (χ1v) is 8.45. The van der Waals surface area contributed by atoms with Gasteiger partial charge in [0.15, 0.2) is 0 Å². The lowest BCUT2D eigenvalue weighted by Gasteiger charge is -2.20. The van der Waals surface area contributed by atoms with Crippen LogP contribution in [-0.2, 0) is 0 Å². The van der Waals surface area contributed by atoms with Crippen LogP contribution in [-0.4, -0.2) is 68.7 Å². The molecule has 4 aromatic rings. The Morgan fingerprint density at radius 3 is 0.786 bits per heavy atom. The van der Waals surface area contributed by atoms with Crippen molar-refractivity contribution in [2.45, 2.75) is 0 Å². The molecule has 0 spiro atoms. The van der Waals surface area contributed by atoms with E-state index in [4.69, 9.17) is 0 Å². The standard InChI is InChI=1S/C16H14B4O8/c21-17(22)11-5-13(19(25)26)9-3-4-10-14(20(27)28)6-12(18(23)24)8-2-1-7(11)15(9)16(8)10/h1-6,21-28H. The molecule has 0 aliphatic rings. The van der Waals surface area contributed by atoms with Crippen molar-refractivity contribution < 1.29 is 40.2 Å². The Hall–Kier alpha value is -2.14. The van der Waals surface area contributed by atoms with Gasteiger partial charge in [-0.15, -0.1) is 0 Å². The molecule has 0 heterocycles. The summed E-state index contributed by atoms with van der Waals surface area (Å²) in [5.41, 5.74) is 0.134. The fourth-order valence-electron chi connectivity index (χ4n) is 3.96. The molecule has 0 unspecified atom stereocenters. The highest BCUT2D eigenvalue weighted by molar-refractivity contribution is 6.70. The molecular formula is C16H14B4O8. The summed E-state index contributed by atoms with van der Waals surface area (Å²) >= 11 is 0. The van der Waals surface area contributed by atoms with Crippen LogP contribution in [0.2, 0.25) is 0 Å². The van der Waals surface area contributed by atoms with Crippen molar-refractivity contribution in [2.24, 2.45) is 0 Å². The minimum Gasteiger partial charge on any atom is -0.423 e. The van der Waals surface area contributed by atoms with E-state index in [0.717, 1.165) is 0 Å². The predicted octanol–water partition coefficient (Wildman–Crippen LogP) is -4.70. The first-order valence-electron chi connectivity index (χ1n) is 8.45. The van der Waals surface area contributed by atoms with Gasteiger partial charge in [-0.2, -0.15) is 0 Å². The summed E-state index contributed by atoms with van der Waals surface area (Å²) in [5.74, 6) is 0. The lowest BCUT2D eigenvalue weighted by molar-refractivity contribution is 0.423. The van der Waals surface area contributed by atoms with Crippen molar-refractivity contribution in [3.05, 3.63) is 36.4 Å². The van der Waals surface area contributed by atoms with Gasteiger partial charge in [0.1, 0.15) is 0 Å². The summed E-state index contributed by atoms with van der Waals surface area (Å²) in [7, 11) is -7.58. The highest BCUT2D eigenvalue weighted by Gasteiger charge is 2.28. The van der Waals surface area contributed by atoms with E-state index < -0.39 is 28.5 Å². The first-order chi connectivity index (χ1) is 13.2. The van der Waals surface area contributed by atoms with Crippen LogP contribution in [0.3, 0.4) is 0 Å². The van der Waals surface area contributed by atoms with Crippen LogP contribution in [0, 0.1) is 0 Å². The Bertz CT molecular complexity index is 1020. The monoisotopic (exact) mass is 378 g/mol. The zero-order valence-corrected chi connectivity index (χ0v) is 14.4. The van der Waals surface area contributed by atoms with Crippen LogP contribution >= 0.6 is 0 Å². The summed E-state index contributed by atoms with van der Waals surface area (Å²) in [6.07, 6.45) is 0. The lowest BCUT2D eigenvalue weighted by atomic mass is 9.65. The molecule has 0 radical (unpaired) electrons. The second kappa shape index (κ2) is 6.73. The summed E-state index contributed by atoms with van der Waals surface area (Å²) in [6.45, 7) is 0. The molecule has 0 aromatic heterocycles. The molecule has 4 rings (SSSR count). The molecule has 0 bridgehead atoms. The Morgan fingerprint density at radius 2 is 0.607 bits per heavy atom. The van der Waals surface area contributed by atoms with E-state index in [1.165, 1.54) is 12.1 Å². The van der Waals surface area contributed by atoms with E-state index in [2.05, 4.69) is 0 Å². The van der Waals surface area contributed by atoms with Crippen molar-refractivity contribution >= 4 is 82.6 Å². The van der Waals surface area contributed by atoms with Gasteiger partial charge in [-0.1, -0.05) is 36.4 Å². The minimum atomic E-state index is -1.90. The normalized spacial score (nSPS) is 11.6. The summed E-state index contributed by atoms with van der Waals surface area (Å²) < 4.78 is 0. The first kappa shape index (κ1) is 19.2. The van der Waals surface area contributed by atoms with Gasteiger partial charge in [0, 0.05) is 0 Å². The number of hydrogen-bond donors (Lipinski definition) is 8. The highest BCUT2D eigenvalue weighted by atomic mass is 16.4. The van der Waals surface area contributed by atoms with Crippen molar-refractivity contribution in [1.29, 1.82) is 0 Å². The van der Waals surface area contributed by atoms with Crippen LogP contribution in [0.4, 0.5) is 0 Å². The molecule has 28 heavy (non-hydrogen) atoms. The van der Waals surface area contributed by atoms with Gasteiger partial charge in [0.25, 0.3) is 0 Å². The zero-order valence-electron chi connectivity index (χ0n) is 14.4. The molecule has 8 nitrogen and oxygen atoms in total. The lowest BCUT2D eigenvalue weighted by Crippen LogP contribution is -2.40. The Morgan fingerprint density at radius 1 is 0.393 bits per heavy atom. The SMILES string of the molecule is OB(O)c1cc(B(O)O)c2ccc3c(B(O)O)cc(B(O)O)c4ccc1c2c43. The Labute approximate surface area is 159 Å². The van der Waals surface area contributed by atoms with E-state index in [0.29, 0.717) is 32.3 Å². The van der Waals surface area contributed by atoms with Gasteiger partial charge in [-0.05, 0) is 54.2 Å². The maximum atomic E-state index is 9.78. The van der Waals surface area contributed by atoms with Crippen molar-refractivity contribution in [2.75, 3.05) is 0 Å². The number of rotatable bonds is 4. The third kappa shape index (κ3) is 2.71. The third-order valence-corrected chi connectivity index (χ3v) is 5.14. The fourth-order valence-corrected chi connectivity index (χ4v) is 3.96. The van der Waals surface area contributed by atoms with E-state index in [1.807, 2.05) is 0 Å². The van der Waals surface area contributed by atoms with E-state index in [1.54, 1.807) is 24.3 Å². The van der Waals surface area contributed by atoms with Crippen LogP contribution in [0.5, 0.6) is 0 Å². The summed E-state index contributed by atoms with van der Waals surface area (Å²) in [6, 6.07) is 8.81. The molecule has 0 saturated carbocycles. The minimum absolute atomic E-state index is 0.0334. The second-order valence-electron chi connectivity index (χ2n) is 6.68. The van der Waals surface area contributed by atoms with Crippen molar-refractivity contribution in [1.82, 2.24) is 0 Å². The molecule has 8 N–H and O–H groups in total. The zero-order chi connectivity index (χ0) is 20.3. The van der Waals surface area contributed by atoms with Crippen molar-refractivity contribution in [3.63, 3.8) is 0 Å². The quantitative estimate of drug-likeness (QED) is 0.130. The van der Waals surface area contributed by atoms with Gasteiger partial charge < -0.3 is 40.2 Å². The van der Waals surface area contributed by atoms with Gasteiger partial charge in [-0.3, -0.25) is 0 Å². The molecule has 0 aliphatic carbocycles. The van der Waals surface area contributed by atoms with Crippen LogP contribution < -0.4 is 21.9 Å². The highest BCUT2D eigenvalue weighted by Crippen LogP contribution is 2.32. The van der Waals surface area contributed by atoms with Crippen LogP contribution in [0.25, 0.3) is 32.3 Å². The van der Waals surface area contributed by atoms with Crippen LogP contribution in [0.1, 0.15) is 0 Å². The Kier molecular flexibility index (Phi) is 4.61. The maximum absolute atomic E-state index is 9.78. The topological polar surface area (TPSA) is 162 Å². The molecule has 0 amide bonds. The summed E-state index contributed by atoms with van der Waals surface area (Å²) in [4.78, 5) is 0. The van der Waals surface area contributed by atoms with Gasteiger partial charge in [0.05, 0.1) is 0 Å². The van der Waals surface area contributed by atoms with E-state index in [-0.39, 0.29) is 21.9 Å². The van der Waals surface area contributed by atoms with Crippen molar-refractivity contribution in [3.8, 4) is 0 Å². The fraction of sp³-hybridized carbons (Fsp3) is 0. The second-order valence-corrected chi connectivity index (χ2v) is 6.68. The third-order valence-electron chi connectivity index (χ3n) is 5.14. The maximum Gasteiger partial charge on any atom is 0.489 e. The number of benzene rings is 4. The average Bonchev–Trinajstić information content (AvgIpc) is 2.64. The van der Waals surface area contributed by atoms with Crippen LogP contribution in [0.15, 0.2) is 36.4 Å². The summed E-state index contributed by atoms with van der Waals surface area (Å²) in [5, 5.41) is 80.6. The molecule has 0 atom stereocenters. The van der Waals surface area contributed by atoms with E-state index in [9.17, 15) is 40.2 Å². The van der Waals surface area contributed by atoms with E-state index >= 15 is 0 Å². The average molecular weight is 378 g/mol. The van der Waals surface area contributed by atoms with Gasteiger partial charge in [0.2, 0.25) is 0 Å². The Balaban J connectivity index is 2.33. The smallest absolute Gasteiger partial charge is 0.423 e. The van der Waals surface area contributed by atoms with Gasteiger partial charge >= 0.3 is 28.5 Å². The predicted molar refractivity (Wildman–Crippen MR) is 109 cm³/mol. The molecule has 0 aliphatic heterocycles. The largest absolute Gasteiger partial charge is 0.489 e. The molecular weight excluding hydrogens is 363 g/mol. The number of hydrogen-bond acceptors (Lipinski definition) is 8.